The molecule has 1 aliphatic heterocycles. The number of carbonyl (C=O) groups is 2. The molecule has 0 atom stereocenters. The molecule has 0 aromatic heterocycles. The lowest BCUT2D eigenvalue weighted by atomic mass is 10.2. The molecule has 0 bridgehead atoms. The molecule has 0 spiro atoms. The summed E-state index contributed by atoms with van der Waals surface area (Å²) in [4.78, 5) is 25.2. The van der Waals surface area contributed by atoms with Crippen LogP contribution >= 0.6 is 0 Å². The zero-order chi connectivity index (χ0) is 22.0. The van der Waals surface area contributed by atoms with Crippen LogP contribution in [0.5, 0.6) is 11.5 Å². The van der Waals surface area contributed by atoms with E-state index in [4.69, 9.17) is 9.47 Å². The largest absolute Gasteiger partial charge is 0.495 e. The van der Waals surface area contributed by atoms with Gasteiger partial charge < -0.3 is 9.47 Å². The summed E-state index contributed by atoms with van der Waals surface area (Å²) < 4.78 is 39.5. The third kappa shape index (κ3) is 4.51. The number of nitrogens with one attached hydrogen (secondary N) is 1. The van der Waals surface area contributed by atoms with Gasteiger partial charge in [0.2, 0.25) is 11.8 Å². The van der Waals surface area contributed by atoms with Crippen molar-refractivity contribution in [3.8, 4) is 11.5 Å². The van der Waals surface area contributed by atoms with Crippen molar-refractivity contribution in [3.05, 3.63) is 42.5 Å². The van der Waals surface area contributed by atoms with Crippen molar-refractivity contribution in [2.24, 2.45) is 0 Å². The van der Waals surface area contributed by atoms with Gasteiger partial charge in [0, 0.05) is 18.5 Å². The predicted octanol–water partition coefficient (Wildman–Crippen LogP) is 3.47. The van der Waals surface area contributed by atoms with Crippen LogP contribution in [0.15, 0.2) is 47.4 Å². The number of sulfonamides is 1. The molecule has 1 saturated heterocycles. The predicted molar refractivity (Wildman–Crippen MR) is 115 cm³/mol. The van der Waals surface area contributed by atoms with E-state index in [1.54, 1.807) is 24.3 Å². The van der Waals surface area contributed by atoms with E-state index in [9.17, 15) is 18.0 Å². The van der Waals surface area contributed by atoms with Crippen LogP contribution in [0.2, 0.25) is 0 Å². The smallest absolute Gasteiger partial charge is 0.261 e. The van der Waals surface area contributed by atoms with E-state index >= 15 is 0 Å². The summed E-state index contributed by atoms with van der Waals surface area (Å²) in [5.74, 6) is 0.177. The number of carbonyl (C=O) groups excluding carboxylic acids is 2. The second-order valence-electron chi connectivity index (χ2n) is 7.61. The Morgan fingerprint density at radius 2 is 1.61 bits per heavy atom. The van der Waals surface area contributed by atoms with Gasteiger partial charge in [-0.1, -0.05) is 0 Å². The van der Waals surface area contributed by atoms with E-state index < -0.39 is 10.0 Å². The molecule has 9 heteroatoms. The van der Waals surface area contributed by atoms with Crippen LogP contribution in [-0.2, 0) is 19.6 Å². The Labute approximate surface area is 181 Å². The Kier molecular flexibility index (Phi) is 5.86. The maximum absolute atomic E-state index is 12.9. The lowest BCUT2D eigenvalue weighted by Gasteiger charge is -2.19. The first-order valence-corrected chi connectivity index (χ1v) is 11.7. The van der Waals surface area contributed by atoms with E-state index in [1.807, 2.05) is 0 Å². The molecule has 2 aromatic rings. The fraction of sp³-hybridized carbons (Fsp3) is 0.364. The summed E-state index contributed by atoms with van der Waals surface area (Å²) in [5, 5.41) is 0. The molecule has 0 radical (unpaired) electrons. The topological polar surface area (TPSA) is 102 Å². The van der Waals surface area contributed by atoms with Gasteiger partial charge >= 0.3 is 0 Å². The lowest BCUT2D eigenvalue weighted by Crippen LogP contribution is -2.29. The number of methoxy groups -OCH3 is 1. The van der Waals surface area contributed by atoms with E-state index in [0.717, 1.165) is 17.7 Å². The second kappa shape index (κ2) is 8.58. The molecular formula is C22H24N2O6S. The normalized spacial score (nSPS) is 17.3. The van der Waals surface area contributed by atoms with Gasteiger partial charge in [-0.2, -0.15) is 0 Å². The summed E-state index contributed by atoms with van der Waals surface area (Å²) in [6.07, 6.45) is 4.81. The summed E-state index contributed by atoms with van der Waals surface area (Å²) in [6.45, 7) is 0. The monoisotopic (exact) mass is 444 g/mol. The second-order valence-corrected chi connectivity index (χ2v) is 9.29. The van der Waals surface area contributed by atoms with Gasteiger partial charge in [0.05, 0.1) is 23.8 Å². The maximum Gasteiger partial charge on any atom is 0.261 e. The molecule has 31 heavy (non-hydrogen) atoms. The number of imide groups is 1. The highest BCUT2D eigenvalue weighted by molar-refractivity contribution is 7.92. The van der Waals surface area contributed by atoms with Crippen LogP contribution in [0.25, 0.3) is 0 Å². The fourth-order valence-corrected chi connectivity index (χ4v) is 4.95. The number of rotatable bonds is 7. The van der Waals surface area contributed by atoms with Crippen molar-refractivity contribution < 1.29 is 27.5 Å². The van der Waals surface area contributed by atoms with Crippen molar-refractivity contribution in [1.82, 2.24) is 0 Å². The number of anilines is 2. The Morgan fingerprint density at radius 3 is 2.23 bits per heavy atom. The molecule has 2 amide bonds. The van der Waals surface area contributed by atoms with Gasteiger partial charge in [-0.25, -0.2) is 13.3 Å². The fourth-order valence-electron chi connectivity index (χ4n) is 3.87. The zero-order valence-electron chi connectivity index (χ0n) is 17.2. The molecule has 1 N–H and O–H groups in total. The van der Waals surface area contributed by atoms with Crippen molar-refractivity contribution in [2.45, 2.75) is 49.5 Å². The van der Waals surface area contributed by atoms with Crippen LogP contribution in [0.4, 0.5) is 11.4 Å². The van der Waals surface area contributed by atoms with Crippen LogP contribution in [0, 0.1) is 0 Å². The van der Waals surface area contributed by atoms with Crippen molar-refractivity contribution in [2.75, 3.05) is 16.7 Å². The molecule has 2 fully saturated rings. The Hall–Kier alpha value is -3.07. The maximum atomic E-state index is 12.9. The number of nitrogens with zero attached hydrogens (tertiary/aromatic N) is 1. The van der Waals surface area contributed by atoms with E-state index in [-0.39, 0.29) is 47.1 Å². The molecule has 8 nitrogen and oxygen atoms in total. The highest BCUT2D eigenvalue weighted by Gasteiger charge is 2.33. The third-order valence-electron chi connectivity index (χ3n) is 5.46. The molecule has 164 valence electrons. The minimum Gasteiger partial charge on any atom is -0.495 e. The first-order valence-electron chi connectivity index (χ1n) is 10.2. The van der Waals surface area contributed by atoms with E-state index in [1.165, 1.54) is 38.2 Å². The molecule has 4 rings (SSSR count). The lowest BCUT2D eigenvalue weighted by molar-refractivity contribution is -0.121. The molecule has 1 aliphatic carbocycles. The summed E-state index contributed by atoms with van der Waals surface area (Å²) in [7, 11) is -2.56. The highest BCUT2D eigenvalue weighted by atomic mass is 32.2. The molecule has 2 aromatic carbocycles. The highest BCUT2D eigenvalue weighted by Crippen LogP contribution is 2.35. The van der Waals surface area contributed by atoms with Gasteiger partial charge in [-0.3, -0.25) is 14.3 Å². The van der Waals surface area contributed by atoms with E-state index in [2.05, 4.69) is 4.72 Å². The van der Waals surface area contributed by atoms with E-state index in [0.29, 0.717) is 11.4 Å². The number of benzene rings is 2. The summed E-state index contributed by atoms with van der Waals surface area (Å²) in [6, 6.07) is 10.8. The quantitative estimate of drug-likeness (QED) is 0.656. The number of hydrogen-bond acceptors (Lipinski definition) is 6. The standard InChI is InChI=1S/C22H24N2O6S/c1-29-20-11-10-18(14-19(20)24-21(25)12-13-22(24)26)31(27,28)23-15-6-8-17(9-7-15)30-16-4-2-3-5-16/h6-11,14,16,23H,2-5,12-13H2,1H3. The number of ether oxygens (including phenoxy) is 2. The van der Waals surface area contributed by atoms with Crippen molar-refractivity contribution in [3.63, 3.8) is 0 Å². The molecule has 1 saturated carbocycles. The van der Waals surface area contributed by atoms with Crippen LogP contribution in [0.3, 0.4) is 0 Å². The van der Waals surface area contributed by atoms with Crippen LogP contribution < -0.4 is 19.1 Å². The van der Waals surface area contributed by atoms with Gasteiger partial charge in [-0.15, -0.1) is 0 Å². The first-order chi connectivity index (χ1) is 14.9. The SMILES string of the molecule is COc1ccc(S(=O)(=O)Nc2ccc(OC3CCCC3)cc2)cc1N1C(=O)CCC1=O. The van der Waals surface area contributed by atoms with Gasteiger partial charge in [0.25, 0.3) is 10.0 Å². The number of amides is 2. The minimum atomic E-state index is -3.96. The number of hydrogen-bond donors (Lipinski definition) is 1. The molecule has 1 heterocycles. The Balaban J connectivity index is 1.55. The average Bonchev–Trinajstić information content (AvgIpc) is 3.38. The Morgan fingerprint density at radius 1 is 0.968 bits per heavy atom. The van der Waals surface area contributed by atoms with Crippen LogP contribution in [-0.4, -0.2) is 33.4 Å². The van der Waals surface area contributed by atoms with Crippen molar-refractivity contribution in [1.29, 1.82) is 0 Å². The Bertz CT molecular complexity index is 1080. The third-order valence-corrected chi connectivity index (χ3v) is 6.84. The van der Waals surface area contributed by atoms with Gasteiger partial charge in [0.1, 0.15) is 11.5 Å². The molecule has 2 aliphatic rings. The zero-order valence-corrected chi connectivity index (χ0v) is 18.0. The summed E-state index contributed by atoms with van der Waals surface area (Å²) in [5.41, 5.74) is 0.502. The minimum absolute atomic E-state index is 0.0814. The van der Waals surface area contributed by atoms with Gasteiger partial charge in [-0.05, 0) is 68.1 Å². The summed E-state index contributed by atoms with van der Waals surface area (Å²) >= 11 is 0. The average molecular weight is 445 g/mol. The molecular weight excluding hydrogens is 420 g/mol. The van der Waals surface area contributed by atoms with Crippen molar-refractivity contribution >= 4 is 33.2 Å². The van der Waals surface area contributed by atoms with Gasteiger partial charge in [0.15, 0.2) is 0 Å². The van der Waals surface area contributed by atoms with Crippen LogP contribution in [0.1, 0.15) is 38.5 Å². The first kappa shape index (κ1) is 21.2. The molecule has 0 unspecified atom stereocenters.